The first-order chi connectivity index (χ1) is 13.8. The molecule has 152 valence electrons. The molecule has 2 bridgehead atoms. The summed E-state index contributed by atoms with van der Waals surface area (Å²) < 4.78 is 0. The zero-order valence-corrected chi connectivity index (χ0v) is 16.7. The first-order valence-electron chi connectivity index (χ1n) is 9.16. The van der Waals surface area contributed by atoms with Gasteiger partial charge < -0.3 is 15.5 Å². The summed E-state index contributed by atoms with van der Waals surface area (Å²) in [6.07, 6.45) is 6.89. The van der Waals surface area contributed by atoms with E-state index >= 15 is 0 Å². The maximum absolute atomic E-state index is 11.5. The van der Waals surface area contributed by atoms with Crippen molar-refractivity contribution in [2.45, 2.75) is 31.7 Å². The van der Waals surface area contributed by atoms with E-state index in [-0.39, 0.29) is 40.9 Å². The van der Waals surface area contributed by atoms with E-state index in [2.05, 4.69) is 22.5 Å². The molecule has 3 N–H and O–H groups in total. The van der Waals surface area contributed by atoms with Crippen LogP contribution in [-0.2, 0) is 12.8 Å². The summed E-state index contributed by atoms with van der Waals surface area (Å²) in [5, 5.41) is 34.9. The number of nitro benzene ring substituents is 1. The molecule has 3 atom stereocenters. The number of rotatable bonds is 7. The first-order valence-corrected chi connectivity index (χ1v) is 10.4. The third-order valence-corrected chi connectivity index (χ3v) is 6.85. The molecule has 2 aromatic rings. The molecule has 0 amide bonds. The lowest BCUT2D eigenvalue weighted by molar-refractivity contribution is -0.385. The van der Waals surface area contributed by atoms with Gasteiger partial charge in [-0.1, -0.05) is 35.1 Å². The van der Waals surface area contributed by atoms with Crippen molar-refractivity contribution in [1.29, 1.82) is 0 Å². The summed E-state index contributed by atoms with van der Waals surface area (Å²) in [5.41, 5.74) is -0.546. The van der Waals surface area contributed by atoms with Crippen LogP contribution >= 0.6 is 22.9 Å². The molecule has 1 fully saturated rings. The molecule has 0 radical (unpaired) electrons. The van der Waals surface area contributed by atoms with Gasteiger partial charge in [-0.25, -0.2) is 4.79 Å². The summed E-state index contributed by atoms with van der Waals surface area (Å²) in [6, 6.07) is 2.76. The van der Waals surface area contributed by atoms with Gasteiger partial charge in [-0.3, -0.25) is 10.1 Å². The molecule has 2 aliphatic rings. The minimum atomic E-state index is -1.26. The number of nitrogens with zero attached hydrogens (tertiary/aromatic N) is 2. The average molecular weight is 436 g/mol. The van der Waals surface area contributed by atoms with Crippen molar-refractivity contribution in [3.8, 4) is 5.88 Å². The summed E-state index contributed by atoms with van der Waals surface area (Å²) in [5.74, 6) is -0.331. The smallest absolute Gasteiger partial charge is 0.336 e. The number of nitrogens with one attached hydrogen (secondary N) is 1. The fourth-order valence-corrected chi connectivity index (χ4v) is 5.33. The lowest BCUT2D eigenvalue weighted by Crippen LogP contribution is -2.23. The highest BCUT2D eigenvalue weighted by Crippen LogP contribution is 2.42. The molecule has 1 aromatic carbocycles. The number of carboxylic acids is 1. The van der Waals surface area contributed by atoms with Gasteiger partial charge in [0.05, 0.1) is 15.4 Å². The number of benzene rings is 1. The van der Waals surface area contributed by atoms with E-state index in [1.165, 1.54) is 23.5 Å². The molecule has 3 unspecified atom stereocenters. The molecule has 0 spiro atoms. The third kappa shape index (κ3) is 3.79. The molecule has 0 saturated heterocycles. The average Bonchev–Trinajstić information content (AvgIpc) is 3.35. The van der Waals surface area contributed by atoms with E-state index < -0.39 is 16.6 Å². The normalized spacial score (nSPS) is 22.2. The highest BCUT2D eigenvalue weighted by Gasteiger charge is 2.36. The zero-order chi connectivity index (χ0) is 20.7. The summed E-state index contributed by atoms with van der Waals surface area (Å²) in [6.45, 7) is 0. The number of fused-ring (bicyclic) bond motifs is 2. The highest BCUT2D eigenvalue weighted by atomic mass is 35.5. The fourth-order valence-electron chi connectivity index (χ4n) is 4.17. The van der Waals surface area contributed by atoms with Crippen molar-refractivity contribution < 1.29 is 19.9 Å². The summed E-state index contributed by atoms with van der Waals surface area (Å²) in [7, 11) is 0. The van der Waals surface area contributed by atoms with Gasteiger partial charge in [-0.15, -0.1) is 0 Å². The van der Waals surface area contributed by atoms with Gasteiger partial charge in [0, 0.05) is 11.6 Å². The first kappa shape index (κ1) is 19.7. The van der Waals surface area contributed by atoms with Gasteiger partial charge in [0.25, 0.3) is 5.69 Å². The second-order valence-corrected chi connectivity index (χ2v) is 8.77. The molecular weight excluding hydrogens is 418 g/mol. The number of aromatic nitrogens is 1. The Bertz CT molecular complexity index is 1020. The molecule has 2 aliphatic carbocycles. The Labute approximate surface area is 175 Å². The molecule has 4 rings (SSSR count). The molecule has 0 aliphatic heterocycles. The maximum atomic E-state index is 11.5. The number of aryl methyl sites for hydroxylation is 1. The van der Waals surface area contributed by atoms with E-state index in [0.29, 0.717) is 21.8 Å². The predicted octanol–water partition coefficient (Wildman–Crippen LogP) is 4.27. The van der Waals surface area contributed by atoms with E-state index in [4.69, 9.17) is 11.6 Å². The third-order valence-electron chi connectivity index (χ3n) is 5.51. The van der Waals surface area contributed by atoms with Gasteiger partial charge in [-0.2, -0.15) is 4.98 Å². The number of carboxylic acid groups (broad SMARTS) is 1. The number of nitro groups is 1. The van der Waals surface area contributed by atoms with Gasteiger partial charge in [0.1, 0.15) is 5.02 Å². The number of hydrogen-bond donors (Lipinski definition) is 3. The lowest BCUT2D eigenvalue weighted by Gasteiger charge is -2.18. The largest absolute Gasteiger partial charge is 0.492 e. The topological polar surface area (TPSA) is 126 Å². The minimum absolute atomic E-state index is 0.0375. The second-order valence-electron chi connectivity index (χ2n) is 7.28. The van der Waals surface area contributed by atoms with Crippen LogP contribution in [0.2, 0.25) is 5.02 Å². The van der Waals surface area contributed by atoms with Crippen molar-refractivity contribution in [3.05, 3.63) is 55.4 Å². The quantitative estimate of drug-likeness (QED) is 0.336. The SMILES string of the molecule is O=C(O)c1ccc(Cl)c([N+](=O)[O-])c1CCc1sc(NC2CC3C=CC2C3)nc1O. The number of allylic oxidation sites excluding steroid dienone is 1. The van der Waals surface area contributed by atoms with Gasteiger partial charge >= 0.3 is 5.97 Å². The Balaban J connectivity index is 1.53. The summed E-state index contributed by atoms with van der Waals surface area (Å²) >= 11 is 7.21. The van der Waals surface area contributed by atoms with E-state index in [9.17, 15) is 25.1 Å². The number of anilines is 1. The highest BCUT2D eigenvalue weighted by molar-refractivity contribution is 7.15. The molecule has 1 aromatic heterocycles. The van der Waals surface area contributed by atoms with Gasteiger partial charge in [0.15, 0.2) is 5.13 Å². The van der Waals surface area contributed by atoms with E-state index in [1.807, 2.05) is 0 Å². The van der Waals surface area contributed by atoms with Crippen molar-refractivity contribution in [3.63, 3.8) is 0 Å². The fraction of sp³-hybridized carbons (Fsp3) is 0.368. The number of halogens is 1. The van der Waals surface area contributed by atoms with E-state index in [1.54, 1.807) is 0 Å². The van der Waals surface area contributed by atoms with Crippen LogP contribution in [0.3, 0.4) is 0 Å². The van der Waals surface area contributed by atoms with Crippen molar-refractivity contribution in [2.24, 2.45) is 11.8 Å². The van der Waals surface area contributed by atoms with Crippen LogP contribution in [0.25, 0.3) is 0 Å². The van der Waals surface area contributed by atoms with Crippen LogP contribution in [0.5, 0.6) is 5.88 Å². The number of carbonyl (C=O) groups is 1. The van der Waals surface area contributed by atoms with Crippen LogP contribution in [0, 0.1) is 22.0 Å². The van der Waals surface area contributed by atoms with Crippen molar-refractivity contribution in [2.75, 3.05) is 5.32 Å². The molecule has 1 saturated carbocycles. The van der Waals surface area contributed by atoms with Crippen LogP contribution in [-0.4, -0.2) is 32.1 Å². The summed E-state index contributed by atoms with van der Waals surface area (Å²) in [4.78, 5) is 26.9. The van der Waals surface area contributed by atoms with Gasteiger partial charge in [-0.05, 0) is 49.7 Å². The van der Waals surface area contributed by atoms with Gasteiger partial charge in [0.2, 0.25) is 5.88 Å². The Morgan fingerprint density at radius 2 is 2.14 bits per heavy atom. The Morgan fingerprint density at radius 1 is 1.34 bits per heavy atom. The van der Waals surface area contributed by atoms with E-state index in [0.717, 1.165) is 12.8 Å². The number of thiazole rings is 1. The van der Waals surface area contributed by atoms with Crippen LogP contribution < -0.4 is 5.32 Å². The number of hydrogen-bond acceptors (Lipinski definition) is 7. The Kier molecular flexibility index (Phi) is 5.18. The van der Waals surface area contributed by atoms with Crippen LogP contribution in [0.4, 0.5) is 10.8 Å². The molecule has 1 heterocycles. The maximum Gasteiger partial charge on any atom is 0.336 e. The van der Waals surface area contributed by atoms with Crippen LogP contribution in [0.1, 0.15) is 33.6 Å². The molecule has 29 heavy (non-hydrogen) atoms. The molecule has 8 nitrogen and oxygen atoms in total. The standard InChI is InChI=1S/C19H18ClN3O5S/c20-13-5-3-12(18(25)26)11(16(13)23(27)28)4-6-15-17(24)22-19(29-15)21-14-8-9-1-2-10(14)7-9/h1-3,5,9-10,14,24H,4,6-8H2,(H,21,22)(H,25,26). The Morgan fingerprint density at radius 3 is 2.76 bits per heavy atom. The number of aromatic hydroxyl groups is 1. The lowest BCUT2D eigenvalue weighted by atomic mass is 10.00. The second kappa shape index (κ2) is 7.64. The monoisotopic (exact) mass is 435 g/mol. The molecular formula is C19H18ClN3O5S. The van der Waals surface area contributed by atoms with Crippen molar-refractivity contribution in [1.82, 2.24) is 4.98 Å². The zero-order valence-electron chi connectivity index (χ0n) is 15.2. The molecule has 10 heteroatoms. The Hall–Kier alpha value is -2.65. The minimum Gasteiger partial charge on any atom is -0.492 e. The van der Waals surface area contributed by atoms with Crippen molar-refractivity contribution >= 4 is 39.7 Å². The number of aromatic carboxylic acids is 1. The van der Waals surface area contributed by atoms with Crippen LogP contribution in [0.15, 0.2) is 24.3 Å². The predicted molar refractivity (Wildman–Crippen MR) is 109 cm³/mol.